The number of hydrogen-bond donors (Lipinski definition) is 2. The molecule has 0 heterocycles. The van der Waals surface area contributed by atoms with E-state index in [0.717, 1.165) is 6.42 Å². The molecular weight excluding hydrogens is 306 g/mol. The molecule has 1 amide bonds. The minimum absolute atomic E-state index is 0. The van der Waals surface area contributed by atoms with Gasteiger partial charge in [-0.1, -0.05) is 6.92 Å². The summed E-state index contributed by atoms with van der Waals surface area (Å²) >= 11 is 0. The first kappa shape index (κ1) is 19.4. The summed E-state index contributed by atoms with van der Waals surface area (Å²) in [5, 5.41) is 2.50. The molecule has 0 fully saturated rings. The zero-order valence-corrected chi connectivity index (χ0v) is 12.4. The number of benzene rings is 1. The van der Waals surface area contributed by atoms with E-state index >= 15 is 0 Å². The van der Waals surface area contributed by atoms with Crippen LogP contribution in [0, 0.1) is 0 Å². The van der Waals surface area contributed by atoms with Gasteiger partial charge in [0.1, 0.15) is 11.5 Å². The second-order valence-electron chi connectivity index (χ2n) is 3.98. The predicted octanol–water partition coefficient (Wildman–Crippen LogP) is 2.07. The molecule has 0 spiro atoms. The molecule has 0 radical (unpaired) electrons. The lowest BCUT2D eigenvalue weighted by Crippen LogP contribution is -2.29. The van der Waals surface area contributed by atoms with Gasteiger partial charge in [-0.25, -0.2) is 0 Å². The summed E-state index contributed by atoms with van der Waals surface area (Å²) in [6.07, 6.45) is 0.805. The fourth-order valence-electron chi connectivity index (χ4n) is 1.46. The van der Waals surface area contributed by atoms with Gasteiger partial charge in [0.2, 0.25) is 5.91 Å². The van der Waals surface area contributed by atoms with E-state index in [1.54, 1.807) is 12.1 Å². The number of halogens is 3. The lowest BCUT2D eigenvalue weighted by molar-refractivity contribution is -0.119. The SMILES string of the molecule is CCCOc1ccc(CNC(=O)CN)c(OC(F)F)c1.Cl. The predicted molar refractivity (Wildman–Crippen MR) is 77.0 cm³/mol. The van der Waals surface area contributed by atoms with E-state index in [9.17, 15) is 13.6 Å². The van der Waals surface area contributed by atoms with Crippen LogP contribution in [0.1, 0.15) is 18.9 Å². The molecule has 1 aromatic rings. The molecule has 0 aromatic heterocycles. The molecule has 0 saturated carbocycles. The maximum absolute atomic E-state index is 12.4. The van der Waals surface area contributed by atoms with Crippen molar-refractivity contribution in [1.82, 2.24) is 5.32 Å². The standard InChI is InChI=1S/C13H18F2N2O3.ClH/c1-2-5-19-10-4-3-9(8-17-12(18)7-16)11(6-10)20-13(14)15;/h3-4,6,13H,2,5,7-8,16H2,1H3,(H,17,18);1H. The number of ether oxygens (including phenoxy) is 2. The second kappa shape index (κ2) is 10.2. The molecule has 8 heteroatoms. The molecule has 0 aliphatic heterocycles. The number of amides is 1. The summed E-state index contributed by atoms with van der Waals surface area (Å²) in [7, 11) is 0. The maximum atomic E-state index is 12.4. The zero-order chi connectivity index (χ0) is 15.0. The minimum atomic E-state index is -2.94. The molecule has 21 heavy (non-hydrogen) atoms. The number of nitrogens with two attached hydrogens (primary N) is 1. The van der Waals surface area contributed by atoms with Crippen molar-refractivity contribution in [3.8, 4) is 11.5 Å². The van der Waals surface area contributed by atoms with Crippen molar-refractivity contribution in [2.45, 2.75) is 26.5 Å². The number of hydrogen-bond acceptors (Lipinski definition) is 4. The summed E-state index contributed by atoms with van der Waals surface area (Å²) in [4.78, 5) is 11.1. The van der Waals surface area contributed by atoms with E-state index in [1.807, 2.05) is 6.92 Å². The van der Waals surface area contributed by atoms with E-state index < -0.39 is 6.61 Å². The monoisotopic (exact) mass is 324 g/mol. The summed E-state index contributed by atoms with van der Waals surface area (Å²) in [6.45, 7) is -0.625. The molecule has 1 aromatic carbocycles. The molecule has 0 saturated heterocycles. The topological polar surface area (TPSA) is 73.6 Å². The highest BCUT2D eigenvalue weighted by Crippen LogP contribution is 2.26. The average molecular weight is 325 g/mol. The van der Waals surface area contributed by atoms with E-state index in [4.69, 9.17) is 10.5 Å². The van der Waals surface area contributed by atoms with E-state index in [-0.39, 0.29) is 37.2 Å². The Morgan fingerprint density at radius 2 is 2.14 bits per heavy atom. The van der Waals surface area contributed by atoms with Gasteiger partial charge in [-0.3, -0.25) is 4.79 Å². The van der Waals surface area contributed by atoms with Gasteiger partial charge >= 0.3 is 6.61 Å². The van der Waals surface area contributed by atoms with E-state index in [0.29, 0.717) is 17.9 Å². The first-order valence-electron chi connectivity index (χ1n) is 6.24. The third-order valence-electron chi connectivity index (χ3n) is 2.39. The summed E-state index contributed by atoms with van der Waals surface area (Å²) < 4.78 is 34.5. The number of rotatable bonds is 8. The van der Waals surface area contributed by atoms with Crippen molar-refractivity contribution < 1.29 is 23.0 Å². The highest BCUT2D eigenvalue weighted by Gasteiger charge is 2.12. The number of nitrogens with one attached hydrogen (secondary N) is 1. The molecule has 1 rings (SSSR count). The van der Waals surface area contributed by atoms with Gasteiger partial charge in [-0.2, -0.15) is 8.78 Å². The van der Waals surface area contributed by atoms with Gasteiger partial charge in [-0.05, 0) is 18.6 Å². The van der Waals surface area contributed by atoms with Gasteiger partial charge in [0.25, 0.3) is 0 Å². The van der Waals surface area contributed by atoms with Crippen molar-refractivity contribution in [2.24, 2.45) is 5.73 Å². The van der Waals surface area contributed by atoms with Crippen LogP contribution in [-0.2, 0) is 11.3 Å². The quantitative estimate of drug-likeness (QED) is 0.768. The van der Waals surface area contributed by atoms with Crippen LogP contribution in [0.15, 0.2) is 18.2 Å². The Labute approximate surface area is 128 Å². The first-order chi connectivity index (χ1) is 9.56. The first-order valence-corrected chi connectivity index (χ1v) is 6.24. The zero-order valence-electron chi connectivity index (χ0n) is 11.6. The molecule has 0 aliphatic rings. The van der Waals surface area contributed by atoms with Crippen LogP contribution in [0.4, 0.5) is 8.78 Å². The number of carbonyl (C=O) groups is 1. The Morgan fingerprint density at radius 1 is 1.43 bits per heavy atom. The van der Waals surface area contributed by atoms with Gasteiger partial charge in [0.05, 0.1) is 13.2 Å². The number of carbonyl (C=O) groups excluding carboxylic acids is 1. The van der Waals surface area contributed by atoms with Crippen LogP contribution in [-0.4, -0.2) is 25.7 Å². The van der Waals surface area contributed by atoms with Gasteiger partial charge in [0, 0.05) is 18.2 Å². The molecule has 0 atom stereocenters. The lowest BCUT2D eigenvalue weighted by Gasteiger charge is -2.13. The molecule has 120 valence electrons. The number of alkyl halides is 2. The highest BCUT2D eigenvalue weighted by molar-refractivity contribution is 5.85. The average Bonchev–Trinajstić information content (AvgIpc) is 2.43. The van der Waals surface area contributed by atoms with Crippen LogP contribution in [0.5, 0.6) is 11.5 Å². The third-order valence-corrected chi connectivity index (χ3v) is 2.39. The van der Waals surface area contributed by atoms with Crippen LogP contribution < -0.4 is 20.5 Å². The fraction of sp³-hybridized carbons (Fsp3) is 0.462. The molecule has 5 nitrogen and oxygen atoms in total. The second-order valence-corrected chi connectivity index (χ2v) is 3.98. The normalized spacial score (nSPS) is 9.95. The Morgan fingerprint density at radius 3 is 2.71 bits per heavy atom. The van der Waals surface area contributed by atoms with Crippen LogP contribution >= 0.6 is 12.4 Å². The van der Waals surface area contributed by atoms with Crippen molar-refractivity contribution >= 4 is 18.3 Å². The van der Waals surface area contributed by atoms with Gasteiger partial charge in [0.15, 0.2) is 0 Å². The summed E-state index contributed by atoms with van der Waals surface area (Å²) in [6, 6.07) is 4.59. The van der Waals surface area contributed by atoms with E-state index in [2.05, 4.69) is 10.1 Å². The van der Waals surface area contributed by atoms with Crippen LogP contribution in [0.2, 0.25) is 0 Å². The van der Waals surface area contributed by atoms with Gasteiger partial charge < -0.3 is 20.5 Å². The molecule has 3 N–H and O–H groups in total. The van der Waals surface area contributed by atoms with Crippen LogP contribution in [0.3, 0.4) is 0 Å². The largest absolute Gasteiger partial charge is 0.493 e. The summed E-state index contributed by atoms with van der Waals surface area (Å²) in [5.41, 5.74) is 5.58. The fourth-order valence-corrected chi connectivity index (χ4v) is 1.46. The van der Waals surface area contributed by atoms with Crippen molar-refractivity contribution in [3.05, 3.63) is 23.8 Å². The highest BCUT2D eigenvalue weighted by atomic mass is 35.5. The molecule has 0 unspecified atom stereocenters. The Hall–Kier alpha value is -1.60. The Bertz CT molecular complexity index is 447. The Balaban J connectivity index is 0.00000400. The van der Waals surface area contributed by atoms with Crippen LogP contribution in [0.25, 0.3) is 0 Å². The summed E-state index contributed by atoms with van der Waals surface area (Å²) in [5.74, 6) is 0.0432. The van der Waals surface area contributed by atoms with Crippen molar-refractivity contribution in [2.75, 3.05) is 13.2 Å². The molecule has 0 bridgehead atoms. The molecular formula is C13H19ClF2N2O3. The van der Waals surface area contributed by atoms with Gasteiger partial charge in [-0.15, -0.1) is 12.4 Å². The van der Waals surface area contributed by atoms with E-state index in [1.165, 1.54) is 6.07 Å². The Kier molecular flexibility index (Phi) is 9.40. The smallest absolute Gasteiger partial charge is 0.387 e. The minimum Gasteiger partial charge on any atom is -0.493 e. The lowest BCUT2D eigenvalue weighted by atomic mass is 10.2. The maximum Gasteiger partial charge on any atom is 0.387 e. The third kappa shape index (κ3) is 7.10. The molecule has 0 aliphatic carbocycles. The van der Waals surface area contributed by atoms with Crippen molar-refractivity contribution in [1.29, 1.82) is 0 Å². The van der Waals surface area contributed by atoms with Crippen molar-refractivity contribution in [3.63, 3.8) is 0 Å².